The minimum Gasteiger partial charge on any atom is -0.380 e. The lowest BCUT2D eigenvalue weighted by molar-refractivity contribution is 0.117. The van der Waals surface area contributed by atoms with E-state index in [1.165, 1.54) is 12.1 Å². The molecule has 0 fully saturated rings. The van der Waals surface area contributed by atoms with Crippen LogP contribution in [0.1, 0.15) is 12.5 Å². The predicted molar refractivity (Wildman–Crippen MR) is 62.3 cm³/mol. The number of hydrogen-bond acceptors (Lipinski definition) is 2. The van der Waals surface area contributed by atoms with E-state index in [0.29, 0.717) is 6.54 Å². The minimum absolute atomic E-state index is 0.169. The third kappa shape index (κ3) is 4.73. The van der Waals surface area contributed by atoms with Crippen LogP contribution in [0.5, 0.6) is 0 Å². The van der Waals surface area contributed by atoms with Gasteiger partial charge in [-0.05, 0) is 30.7 Å². The van der Waals surface area contributed by atoms with E-state index >= 15 is 0 Å². The molecule has 0 aromatic heterocycles. The van der Waals surface area contributed by atoms with E-state index in [1.807, 2.05) is 13.0 Å². The second-order valence-electron chi connectivity index (χ2n) is 3.45. The Bertz CT molecular complexity index is 299. The van der Waals surface area contributed by atoms with Crippen LogP contribution in [-0.2, 0) is 11.3 Å². The van der Waals surface area contributed by atoms with E-state index in [2.05, 4.69) is 21.2 Å². The maximum absolute atomic E-state index is 13.0. The first-order chi connectivity index (χ1) is 7.11. The molecule has 15 heavy (non-hydrogen) atoms. The average molecular weight is 276 g/mol. The molecule has 1 aromatic carbocycles. The summed E-state index contributed by atoms with van der Waals surface area (Å²) in [6.07, 6.45) is 0.169. The molecule has 0 spiro atoms. The largest absolute Gasteiger partial charge is 0.380 e. The molecule has 1 aromatic rings. The quantitative estimate of drug-likeness (QED) is 0.892. The topological polar surface area (TPSA) is 21.3 Å². The number of nitrogens with one attached hydrogen (secondary N) is 1. The zero-order valence-corrected chi connectivity index (χ0v) is 10.5. The van der Waals surface area contributed by atoms with Crippen molar-refractivity contribution in [3.63, 3.8) is 0 Å². The number of hydrogen-bond donors (Lipinski definition) is 1. The normalized spacial score (nSPS) is 12.8. The van der Waals surface area contributed by atoms with Crippen LogP contribution in [0, 0.1) is 5.82 Å². The molecular weight excluding hydrogens is 261 g/mol. The van der Waals surface area contributed by atoms with Crippen LogP contribution in [0.3, 0.4) is 0 Å². The van der Waals surface area contributed by atoms with Gasteiger partial charge in [0, 0.05) is 24.7 Å². The Morgan fingerprint density at radius 3 is 2.80 bits per heavy atom. The molecule has 0 aliphatic carbocycles. The van der Waals surface area contributed by atoms with Crippen molar-refractivity contribution >= 4 is 15.9 Å². The van der Waals surface area contributed by atoms with Gasteiger partial charge < -0.3 is 10.1 Å². The molecule has 84 valence electrons. The van der Waals surface area contributed by atoms with Crippen molar-refractivity contribution in [1.29, 1.82) is 0 Å². The summed E-state index contributed by atoms with van der Waals surface area (Å²) >= 11 is 3.26. The van der Waals surface area contributed by atoms with Gasteiger partial charge in [-0.15, -0.1) is 0 Å². The monoisotopic (exact) mass is 275 g/mol. The fourth-order valence-corrected chi connectivity index (χ4v) is 1.73. The van der Waals surface area contributed by atoms with E-state index in [4.69, 9.17) is 4.74 Å². The van der Waals surface area contributed by atoms with Crippen LogP contribution < -0.4 is 5.32 Å². The molecular formula is C11H15BrFNO. The third-order valence-corrected chi connectivity index (χ3v) is 2.54. The van der Waals surface area contributed by atoms with Crippen LogP contribution >= 0.6 is 15.9 Å². The van der Waals surface area contributed by atoms with E-state index in [9.17, 15) is 4.39 Å². The number of halogens is 2. The van der Waals surface area contributed by atoms with Crippen molar-refractivity contribution in [3.05, 3.63) is 34.1 Å². The summed E-state index contributed by atoms with van der Waals surface area (Å²) in [5, 5.41) is 3.19. The lowest BCUT2D eigenvalue weighted by Crippen LogP contribution is -2.25. The van der Waals surface area contributed by atoms with Gasteiger partial charge in [0.2, 0.25) is 0 Å². The van der Waals surface area contributed by atoms with Crippen molar-refractivity contribution in [1.82, 2.24) is 5.32 Å². The molecule has 0 bridgehead atoms. The average Bonchev–Trinajstić information content (AvgIpc) is 2.16. The fourth-order valence-electron chi connectivity index (χ4n) is 1.22. The molecule has 4 heteroatoms. The molecule has 0 aliphatic heterocycles. The van der Waals surface area contributed by atoms with E-state index in [-0.39, 0.29) is 11.9 Å². The first-order valence-corrected chi connectivity index (χ1v) is 5.59. The Hall–Kier alpha value is -0.450. The molecule has 1 unspecified atom stereocenters. The minimum atomic E-state index is -0.221. The Kier molecular flexibility index (Phi) is 5.22. The lowest BCUT2D eigenvalue weighted by Gasteiger charge is -2.10. The SMILES string of the molecule is COC(C)CNCc1cc(F)cc(Br)c1. The Labute approximate surface area is 98.0 Å². The van der Waals surface area contributed by atoms with Gasteiger partial charge in [0.05, 0.1) is 6.10 Å². The highest BCUT2D eigenvalue weighted by Gasteiger charge is 2.01. The molecule has 2 nitrogen and oxygen atoms in total. The molecule has 0 saturated carbocycles. The highest BCUT2D eigenvalue weighted by molar-refractivity contribution is 9.10. The summed E-state index contributed by atoms with van der Waals surface area (Å²) < 4.78 is 18.9. The van der Waals surface area contributed by atoms with Gasteiger partial charge in [-0.1, -0.05) is 15.9 Å². The summed E-state index contributed by atoms with van der Waals surface area (Å²) in [5.74, 6) is -0.221. The summed E-state index contributed by atoms with van der Waals surface area (Å²) in [5.41, 5.74) is 0.921. The molecule has 0 radical (unpaired) electrons. The second-order valence-corrected chi connectivity index (χ2v) is 4.37. The second kappa shape index (κ2) is 6.20. The van der Waals surface area contributed by atoms with Crippen molar-refractivity contribution in [3.8, 4) is 0 Å². The maximum atomic E-state index is 13.0. The zero-order valence-electron chi connectivity index (χ0n) is 8.89. The molecule has 1 rings (SSSR count). The number of rotatable bonds is 5. The third-order valence-electron chi connectivity index (χ3n) is 2.09. The summed E-state index contributed by atoms with van der Waals surface area (Å²) in [6, 6.07) is 4.87. The first-order valence-electron chi connectivity index (χ1n) is 4.80. The maximum Gasteiger partial charge on any atom is 0.124 e. The Morgan fingerprint density at radius 2 is 2.20 bits per heavy atom. The summed E-state index contributed by atoms with van der Waals surface area (Å²) in [6.45, 7) is 3.38. The van der Waals surface area contributed by atoms with Crippen LogP contribution in [0.15, 0.2) is 22.7 Å². The van der Waals surface area contributed by atoms with Gasteiger partial charge in [0.15, 0.2) is 0 Å². The standard InChI is InChI=1S/C11H15BrFNO/c1-8(15-2)6-14-7-9-3-10(12)5-11(13)4-9/h3-5,8,14H,6-7H2,1-2H3. The van der Waals surface area contributed by atoms with E-state index in [0.717, 1.165) is 16.6 Å². The van der Waals surface area contributed by atoms with Crippen LogP contribution in [-0.4, -0.2) is 19.8 Å². The Morgan fingerprint density at radius 1 is 1.47 bits per heavy atom. The van der Waals surface area contributed by atoms with Crippen LogP contribution in [0.4, 0.5) is 4.39 Å². The van der Waals surface area contributed by atoms with E-state index in [1.54, 1.807) is 7.11 Å². The van der Waals surface area contributed by atoms with Gasteiger partial charge in [0.1, 0.15) is 5.82 Å². The number of ether oxygens (including phenoxy) is 1. The molecule has 0 amide bonds. The van der Waals surface area contributed by atoms with E-state index < -0.39 is 0 Å². The van der Waals surface area contributed by atoms with Gasteiger partial charge >= 0.3 is 0 Å². The van der Waals surface area contributed by atoms with Crippen LogP contribution in [0.2, 0.25) is 0 Å². The zero-order chi connectivity index (χ0) is 11.3. The predicted octanol–water partition coefficient (Wildman–Crippen LogP) is 2.71. The lowest BCUT2D eigenvalue weighted by atomic mass is 10.2. The Balaban J connectivity index is 2.43. The molecule has 1 atom stereocenters. The van der Waals surface area contributed by atoms with Gasteiger partial charge in [-0.2, -0.15) is 0 Å². The number of methoxy groups -OCH3 is 1. The number of benzene rings is 1. The molecule has 0 heterocycles. The smallest absolute Gasteiger partial charge is 0.124 e. The van der Waals surface area contributed by atoms with Crippen LogP contribution in [0.25, 0.3) is 0 Å². The summed E-state index contributed by atoms with van der Waals surface area (Å²) in [4.78, 5) is 0. The fraction of sp³-hybridized carbons (Fsp3) is 0.455. The van der Waals surface area contributed by atoms with Gasteiger partial charge in [-0.3, -0.25) is 0 Å². The van der Waals surface area contributed by atoms with Crippen molar-refractivity contribution in [2.24, 2.45) is 0 Å². The van der Waals surface area contributed by atoms with Gasteiger partial charge in [-0.25, -0.2) is 4.39 Å². The molecule has 0 saturated heterocycles. The highest BCUT2D eigenvalue weighted by atomic mass is 79.9. The highest BCUT2D eigenvalue weighted by Crippen LogP contribution is 2.14. The van der Waals surface area contributed by atoms with Crippen molar-refractivity contribution in [2.75, 3.05) is 13.7 Å². The molecule has 0 aliphatic rings. The van der Waals surface area contributed by atoms with Crippen molar-refractivity contribution < 1.29 is 9.13 Å². The first kappa shape index (κ1) is 12.6. The van der Waals surface area contributed by atoms with Gasteiger partial charge in [0.25, 0.3) is 0 Å². The summed E-state index contributed by atoms with van der Waals surface area (Å²) in [7, 11) is 1.67. The molecule has 1 N–H and O–H groups in total. The van der Waals surface area contributed by atoms with Crippen molar-refractivity contribution in [2.45, 2.75) is 19.6 Å².